The summed E-state index contributed by atoms with van der Waals surface area (Å²) in [5.74, 6) is 1.12. The maximum atomic E-state index is 8.76. The first kappa shape index (κ1) is 24.2. The fourth-order valence-corrected chi connectivity index (χ4v) is 4.04. The Morgan fingerprint density at radius 1 is 0.971 bits per heavy atom. The largest absolute Gasteiger partial charge is 0.577 e. The second-order valence-corrected chi connectivity index (χ2v) is 9.14. The smallest absolute Gasteiger partial charge is 0.386 e. The number of likely N-dealkylation sites (N-methyl/N-ethyl adjacent to an activating group) is 2. The number of nitrogens with zero attached hydrogens (tertiary/aromatic N) is 7. The Kier molecular flexibility index (Phi) is 7.02. The number of hydrogen-bond acceptors (Lipinski definition) is 8. The number of nitrogens with two attached hydrogens (primary N) is 1. The Balaban J connectivity index is 1.49. The van der Waals surface area contributed by atoms with Crippen molar-refractivity contribution in [2.75, 3.05) is 44.9 Å². The molecule has 1 aliphatic carbocycles. The molecule has 0 radical (unpaired) electrons. The van der Waals surface area contributed by atoms with Crippen LogP contribution in [0.2, 0.25) is 0 Å². The van der Waals surface area contributed by atoms with E-state index in [-0.39, 0.29) is 17.7 Å². The highest BCUT2D eigenvalue weighted by Gasteiger charge is 2.43. The van der Waals surface area contributed by atoms with Gasteiger partial charge in [-0.05, 0) is 38.1 Å². The van der Waals surface area contributed by atoms with E-state index in [1.54, 1.807) is 24.8 Å². The number of rotatable bonds is 8. The van der Waals surface area contributed by atoms with Crippen molar-refractivity contribution in [3.8, 4) is 11.1 Å². The summed E-state index contributed by atoms with van der Waals surface area (Å²) in [6.45, 7) is 1.72. The Hall–Kier alpha value is -3.92. The molecule has 35 heavy (non-hydrogen) atoms. The van der Waals surface area contributed by atoms with Gasteiger partial charge in [0.15, 0.2) is 5.69 Å². The van der Waals surface area contributed by atoms with E-state index >= 15 is 0 Å². The van der Waals surface area contributed by atoms with Crippen LogP contribution in [0.4, 0.5) is 11.8 Å². The van der Waals surface area contributed by atoms with Gasteiger partial charge in [0.25, 0.3) is 0 Å². The van der Waals surface area contributed by atoms with Gasteiger partial charge in [0.2, 0.25) is 5.95 Å². The van der Waals surface area contributed by atoms with Gasteiger partial charge in [0.05, 0.1) is 17.8 Å². The van der Waals surface area contributed by atoms with Crippen LogP contribution in [-0.4, -0.2) is 75.9 Å². The first-order valence-electron chi connectivity index (χ1n) is 11.5. The molecule has 0 saturated heterocycles. The molecule has 0 amide bonds. The highest BCUT2D eigenvalue weighted by atomic mass is 16.3. The summed E-state index contributed by atoms with van der Waals surface area (Å²) in [6.07, 6.45) is 9.27. The quantitative estimate of drug-likeness (QED) is 0.289. The molecule has 1 fully saturated rings. The lowest BCUT2D eigenvalue weighted by Crippen LogP contribution is -2.41. The summed E-state index contributed by atoms with van der Waals surface area (Å²) in [6, 6.07) is 8.05. The van der Waals surface area contributed by atoms with E-state index in [9.17, 15) is 0 Å². The number of aromatic nitrogens is 4. The molecule has 0 aliphatic heterocycles. The molecule has 0 spiro atoms. The molecule has 2 aromatic heterocycles. The molecule has 0 unspecified atom stereocenters. The van der Waals surface area contributed by atoms with Gasteiger partial charge in [-0.25, -0.2) is 19.9 Å². The monoisotopic (exact) mass is 474 g/mol. The predicted octanol–water partition coefficient (Wildman–Crippen LogP) is 2.08. The number of benzene rings is 1. The summed E-state index contributed by atoms with van der Waals surface area (Å²) in [4.78, 5) is 25.4. The van der Waals surface area contributed by atoms with E-state index in [1.807, 2.05) is 50.3 Å². The van der Waals surface area contributed by atoms with E-state index < -0.39 is 5.41 Å². The van der Waals surface area contributed by atoms with E-state index in [1.165, 1.54) is 0 Å². The summed E-state index contributed by atoms with van der Waals surface area (Å²) in [5, 5.41) is 17.2. The van der Waals surface area contributed by atoms with Crippen LogP contribution in [-0.2, 0) is 5.41 Å². The Labute approximate surface area is 205 Å². The zero-order chi connectivity index (χ0) is 25.0. The van der Waals surface area contributed by atoms with Crippen molar-refractivity contribution in [3.05, 3.63) is 60.3 Å². The third-order valence-corrected chi connectivity index (χ3v) is 6.48. The van der Waals surface area contributed by atoms with Gasteiger partial charge in [-0.1, -0.05) is 30.7 Å². The summed E-state index contributed by atoms with van der Waals surface area (Å²) < 4.78 is 0. The van der Waals surface area contributed by atoms with Crippen molar-refractivity contribution in [3.63, 3.8) is 0 Å². The van der Waals surface area contributed by atoms with E-state index in [0.717, 1.165) is 54.9 Å². The first-order valence-corrected chi connectivity index (χ1v) is 11.5. The van der Waals surface area contributed by atoms with Crippen molar-refractivity contribution in [1.29, 1.82) is 5.41 Å². The second-order valence-electron chi connectivity index (χ2n) is 9.14. The van der Waals surface area contributed by atoms with Crippen LogP contribution >= 0.6 is 0 Å². The maximum Gasteiger partial charge on any atom is 0.386 e. The lowest BCUT2D eigenvalue weighted by Gasteiger charge is -2.41. The predicted molar refractivity (Wildman–Crippen MR) is 139 cm³/mol. The molecule has 4 rings (SSSR count). The van der Waals surface area contributed by atoms with Crippen molar-refractivity contribution in [2.45, 2.75) is 24.7 Å². The van der Waals surface area contributed by atoms with Crippen LogP contribution in [0.3, 0.4) is 0 Å². The van der Waals surface area contributed by atoms with Gasteiger partial charge in [-0.15, -0.1) is 4.99 Å². The number of nitrogens with one attached hydrogen (secondary N) is 1. The van der Waals surface area contributed by atoms with Gasteiger partial charge in [-0.2, -0.15) is 0 Å². The summed E-state index contributed by atoms with van der Waals surface area (Å²) >= 11 is 0. The van der Waals surface area contributed by atoms with Crippen LogP contribution in [0.25, 0.3) is 11.1 Å². The molecule has 1 aromatic carbocycles. The zero-order valence-corrected chi connectivity index (χ0v) is 20.4. The molecule has 0 bridgehead atoms. The van der Waals surface area contributed by atoms with Gasteiger partial charge in [-0.3, -0.25) is 5.41 Å². The van der Waals surface area contributed by atoms with Gasteiger partial charge >= 0.3 is 5.90 Å². The Morgan fingerprint density at radius 2 is 1.66 bits per heavy atom. The van der Waals surface area contributed by atoms with Gasteiger partial charge in [0.1, 0.15) is 11.7 Å². The maximum absolute atomic E-state index is 8.76. The molecule has 10 nitrogen and oxygen atoms in total. The fourth-order valence-electron chi connectivity index (χ4n) is 4.04. The fraction of sp³-hybridized carbons (Fsp3) is 0.360. The normalized spacial score (nSPS) is 15.0. The Morgan fingerprint density at radius 3 is 2.20 bits per heavy atom. The highest BCUT2D eigenvalue weighted by molar-refractivity contribution is 6.04. The standard InChI is InChI=1S/C25H31N9O/c1-33(2)11-12-34(3)21-16-28-20(15-29-21)22(35)32-23(26)25(9-4-10-25)19-7-5-17(6-8-19)18-13-30-24(27)31-14-18/h5-8,13-16H,4,9-12H2,1-3H3,(H2,26,32,35)(H2,27,30,31)/p+1. The number of aliphatic imine (C=N–C) groups is 1. The minimum absolute atomic E-state index is 0.0492. The molecule has 3 aromatic rings. The highest BCUT2D eigenvalue weighted by Crippen LogP contribution is 2.45. The molecule has 1 saturated carbocycles. The molecular weight excluding hydrogens is 442 g/mol. The second kappa shape index (κ2) is 10.1. The van der Waals surface area contributed by atoms with Crippen LogP contribution in [0.1, 0.15) is 30.5 Å². The van der Waals surface area contributed by atoms with Gasteiger partial charge < -0.3 is 20.6 Å². The lowest BCUT2D eigenvalue weighted by atomic mass is 9.63. The van der Waals surface area contributed by atoms with Crippen LogP contribution in [0.15, 0.2) is 54.0 Å². The molecule has 5 N–H and O–H groups in total. The first-order chi connectivity index (χ1) is 16.8. The van der Waals surface area contributed by atoms with Gasteiger partial charge in [0, 0.05) is 38.1 Å². The minimum atomic E-state index is -0.484. The average molecular weight is 475 g/mol. The molecule has 2 heterocycles. The molecule has 182 valence electrons. The van der Waals surface area contributed by atoms with Crippen LogP contribution < -0.4 is 10.6 Å². The molecular formula is C25H32N9O+. The molecule has 10 heteroatoms. The van der Waals surface area contributed by atoms with E-state index in [2.05, 4.69) is 29.8 Å². The van der Waals surface area contributed by atoms with Crippen molar-refractivity contribution in [1.82, 2.24) is 24.8 Å². The third kappa shape index (κ3) is 5.27. The topological polar surface area (TPSA) is 143 Å². The number of anilines is 2. The van der Waals surface area contributed by atoms with Crippen molar-refractivity contribution in [2.24, 2.45) is 4.99 Å². The number of nitrogen functional groups attached to an aromatic ring is 1. The number of hydrogen-bond donors (Lipinski definition) is 2. The average Bonchev–Trinajstić information content (AvgIpc) is 2.83. The third-order valence-electron chi connectivity index (χ3n) is 6.48. The van der Waals surface area contributed by atoms with Crippen molar-refractivity contribution >= 4 is 23.5 Å². The van der Waals surface area contributed by atoms with Crippen molar-refractivity contribution < 1.29 is 5.11 Å². The zero-order valence-electron chi connectivity index (χ0n) is 20.4. The molecule has 1 aliphatic rings. The van der Waals surface area contributed by atoms with Crippen LogP contribution in [0.5, 0.6) is 0 Å². The number of amidine groups is 1. The summed E-state index contributed by atoms with van der Waals surface area (Å²) in [7, 11) is 6.02. The van der Waals surface area contributed by atoms with Crippen LogP contribution in [0, 0.1) is 5.41 Å². The Bertz CT molecular complexity index is 1190. The lowest BCUT2D eigenvalue weighted by molar-refractivity contribution is 0.336. The van der Waals surface area contributed by atoms with E-state index in [4.69, 9.17) is 16.2 Å². The summed E-state index contributed by atoms with van der Waals surface area (Å²) in [5.41, 5.74) is 8.33. The minimum Gasteiger partial charge on any atom is -0.577 e. The van der Waals surface area contributed by atoms with E-state index in [0.29, 0.717) is 5.69 Å². The SMILES string of the molecule is CN(C)CCN(C)c1cnc(C([OH2+])=NC(=N)C2(c3ccc(-c4cnc(N)nc4)cc3)CCC2)cn1. The molecule has 0 atom stereocenters.